The van der Waals surface area contributed by atoms with Crippen molar-refractivity contribution in [1.82, 2.24) is 4.98 Å². The molecule has 1 fully saturated rings. The first-order valence-electron chi connectivity index (χ1n) is 5.36. The van der Waals surface area contributed by atoms with Crippen LogP contribution in [0.4, 0.5) is 19.0 Å². The maximum Gasteiger partial charge on any atom is 0.433 e. The highest BCUT2D eigenvalue weighted by atomic mass is 19.4. The number of nitrogens with one attached hydrogen (secondary N) is 2. The highest BCUT2D eigenvalue weighted by Gasteiger charge is 2.37. The van der Waals surface area contributed by atoms with Crippen LogP contribution >= 0.6 is 0 Å². The predicted octanol–water partition coefficient (Wildman–Crippen LogP) is 2.98. The smallest absolute Gasteiger partial charge is 0.367 e. The second-order valence-corrected chi connectivity index (χ2v) is 4.04. The Morgan fingerprint density at radius 3 is 2.65 bits per heavy atom. The van der Waals surface area contributed by atoms with Gasteiger partial charge in [0.25, 0.3) is 0 Å². The van der Waals surface area contributed by atoms with E-state index in [9.17, 15) is 13.2 Å². The SMILES string of the molecule is N=C(c1cccnc1NC1CCC1)C(F)(F)F. The highest BCUT2D eigenvalue weighted by Crippen LogP contribution is 2.28. The summed E-state index contributed by atoms with van der Waals surface area (Å²) in [5, 5.41) is 10.1. The molecule has 0 unspecified atom stereocenters. The van der Waals surface area contributed by atoms with Gasteiger partial charge in [-0.2, -0.15) is 13.2 Å². The van der Waals surface area contributed by atoms with Crippen LogP contribution in [0, 0.1) is 5.41 Å². The average Bonchev–Trinajstić information content (AvgIpc) is 2.22. The molecule has 17 heavy (non-hydrogen) atoms. The Hall–Kier alpha value is -1.59. The first kappa shape index (κ1) is 11.9. The molecular weight excluding hydrogens is 231 g/mol. The van der Waals surface area contributed by atoms with E-state index in [2.05, 4.69) is 10.3 Å². The molecule has 0 amide bonds. The molecule has 0 aliphatic heterocycles. The highest BCUT2D eigenvalue weighted by molar-refractivity contribution is 6.05. The standard InChI is InChI=1S/C11H12F3N3/c12-11(13,14)9(15)8-5-2-6-16-10(8)17-7-3-1-4-7/h2,5-7,15H,1,3-4H2,(H,16,17). The fourth-order valence-corrected chi connectivity index (χ4v) is 1.62. The molecule has 1 aromatic heterocycles. The maximum atomic E-state index is 12.5. The first-order valence-corrected chi connectivity index (χ1v) is 5.36. The summed E-state index contributed by atoms with van der Waals surface area (Å²) < 4.78 is 37.4. The number of rotatable bonds is 3. The topological polar surface area (TPSA) is 48.8 Å². The number of alkyl halides is 3. The van der Waals surface area contributed by atoms with Gasteiger partial charge < -0.3 is 5.32 Å². The van der Waals surface area contributed by atoms with Gasteiger partial charge in [-0.25, -0.2) is 4.98 Å². The molecule has 1 saturated carbocycles. The van der Waals surface area contributed by atoms with E-state index >= 15 is 0 Å². The summed E-state index contributed by atoms with van der Waals surface area (Å²) in [5.41, 5.74) is -1.54. The minimum absolute atomic E-state index is 0.152. The minimum Gasteiger partial charge on any atom is -0.367 e. The second kappa shape index (κ2) is 4.35. The number of aromatic nitrogens is 1. The third-order valence-corrected chi connectivity index (χ3v) is 2.81. The van der Waals surface area contributed by atoms with Crippen molar-refractivity contribution >= 4 is 11.5 Å². The van der Waals surface area contributed by atoms with E-state index in [1.165, 1.54) is 18.3 Å². The van der Waals surface area contributed by atoms with Gasteiger partial charge in [0, 0.05) is 17.8 Å². The Morgan fingerprint density at radius 1 is 1.41 bits per heavy atom. The predicted molar refractivity (Wildman–Crippen MR) is 58.4 cm³/mol. The molecule has 0 aromatic carbocycles. The molecule has 2 rings (SSSR count). The Morgan fingerprint density at radius 2 is 2.12 bits per heavy atom. The van der Waals surface area contributed by atoms with E-state index in [0.717, 1.165) is 19.3 Å². The van der Waals surface area contributed by atoms with Gasteiger partial charge in [0.2, 0.25) is 0 Å². The molecule has 0 saturated heterocycles. The van der Waals surface area contributed by atoms with E-state index in [1.807, 2.05) is 0 Å². The van der Waals surface area contributed by atoms with Crippen molar-refractivity contribution < 1.29 is 13.2 Å². The normalized spacial score (nSPS) is 16.4. The molecule has 1 aliphatic rings. The number of hydrogen-bond donors (Lipinski definition) is 2. The molecule has 6 heteroatoms. The maximum absolute atomic E-state index is 12.5. The van der Waals surface area contributed by atoms with Crippen LogP contribution in [0.15, 0.2) is 18.3 Å². The van der Waals surface area contributed by atoms with Crippen LogP contribution in [0.3, 0.4) is 0 Å². The Bertz CT molecular complexity index is 424. The van der Waals surface area contributed by atoms with Crippen molar-refractivity contribution in [3.63, 3.8) is 0 Å². The second-order valence-electron chi connectivity index (χ2n) is 4.04. The van der Waals surface area contributed by atoms with Crippen LogP contribution < -0.4 is 5.32 Å². The van der Waals surface area contributed by atoms with E-state index in [-0.39, 0.29) is 17.4 Å². The summed E-state index contributed by atoms with van der Waals surface area (Å²) in [7, 11) is 0. The monoisotopic (exact) mass is 243 g/mol. The molecular formula is C11H12F3N3. The molecule has 3 nitrogen and oxygen atoms in total. The Kier molecular flexibility index (Phi) is 3.04. The summed E-state index contributed by atoms with van der Waals surface area (Å²) in [4.78, 5) is 3.88. The molecule has 92 valence electrons. The van der Waals surface area contributed by atoms with Crippen LogP contribution in [0.25, 0.3) is 0 Å². The summed E-state index contributed by atoms with van der Waals surface area (Å²) in [6, 6.07) is 2.86. The third-order valence-electron chi connectivity index (χ3n) is 2.81. The van der Waals surface area contributed by atoms with E-state index in [0.29, 0.717) is 0 Å². The van der Waals surface area contributed by atoms with E-state index < -0.39 is 11.9 Å². The molecule has 1 aliphatic carbocycles. The Balaban J connectivity index is 2.23. The van der Waals surface area contributed by atoms with Crippen LogP contribution in [-0.4, -0.2) is 22.9 Å². The zero-order chi connectivity index (χ0) is 12.5. The number of halogens is 3. The molecule has 0 atom stereocenters. The average molecular weight is 243 g/mol. The van der Waals surface area contributed by atoms with Gasteiger partial charge in [-0.1, -0.05) is 0 Å². The van der Waals surface area contributed by atoms with Crippen LogP contribution in [0.2, 0.25) is 0 Å². The lowest BCUT2D eigenvalue weighted by Crippen LogP contribution is -2.30. The first-order chi connectivity index (χ1) is 7.98. The van der Waals surface area contributed by atoms with Crippen LogP contribution in [-0.2, 0) is 0 Å². The van der Waals surface area contributed by atoms with Gasteiger partial charge >= 0.3 is 6.18 Å². The van der Waals surface area contributed by atoms with Crippen molar-refractivity contribution in [2.24, 2.45) is 0 Å². The fraction of sp³-hybridized carbons (Fsp3) is 0.455. The lowest BCUT2D eigenvalue weighted by atomic mass is 9.93. The van der Waals surface area contributed by atoms with Gasteiger partial charge in [-0.3, -0.25) is 5.41 Å². The minimum atomic E-state index is -4.64. The lowest BCUT2D eigenvalue weighted by Gasteiger charge is -2.28. The van der Waals surface area contributed by atoms with Gasteiger partial charge in [0.05, 0.1) is 0 Å². The largest absolute Gasteiger partial charge is 0.433 e. The van der Waals surface area contributed by atoms with Crippen molar-refractivity contribution in [2.75, 3.05) is 5.32 Å². The summed E-state index contributed by atoms with van der Waals surface area (Å²) in [6.45, 7) is 0. The third kappa shape index (κ3) is 2.57. The lowest BCUT2D eigenvalue weighted by molar-refractivity contribution is -0.0587. The molecule has 0 radical (unpaired) electrons. The number of nitrogens with zero attached hydrogens (tertiary/aromatic N) is 1. The molecule has 1 heterocycles. The number of anilines is 1. The summed E-state index contributed by atoms with van der Waals surface area (Å²) >= 11 is 0. The summed E-state index contributed by atoms with van der Waals surface area (Å²) in [6.07, 6.45) is -0.255. The van der Waals surface area contributed by atoms with Crippen LogP contribution in [0.1, 0.15) is 24.8 Å². The quantitative estimate of drug-likeness (QED) is 0.802. The number of hydrogen-bond acceptors (Lipinski definition) is 3. The summed E-state index contributed by atoms with van der Waals surface area (Å²) in [5.74, 6) is 0.152. The van der Waals surface area contributed by atoms with Crippen LogP contribution in [0.5, 0.6) is 0 Å². The van der Waals surface area contributed by atoms with E-state index in [4.69, 9.17) is 5.41 Å². The van der Waals surface area contributed by atoms with Crippen molar-refractivity contribution in [3.8, 4) is 0 Å². The van der Waals surface area contributed by atoms with Gasteiger partial charge in [-0.15, -0.1) is 0 Å². The van der Waals surface area contributed by atoms with Gasteiger partial charge in [0.1, 0.15) is 11.5 Å². The Labute approximate surface area is 96.6 Å². The fourth-order valence-electron chi connectivity index (χ4n) is 1.62. The van der Waals surface area contributed by atoms with Crippen molar-refractivity contribution in [2.45, 2.75) is 31.5 Å². The number of pyridine rings is 1. The van der Waals surface area contributed by atoms with Gasteiger partial charge in [-0.05, 0) is 31.4 Å². The van der Waals surface area contributed by atoms with Gasteiger partial charge in [0.15, 0.2) is 0 Å². The molecule has 0 spiro atoms. The molecule has 2 N–H and O–H groups in total. The van der Waals surface area contributed by atoms with Crippen molar-refractivity contribution in [3.05, 3.63) is 23.9 Å². The molecule has 1 aromatic rings. The zero-order valence-electron chi connectivity index (χ0n) is 9.01. The van der Waals surface area contributed by atoms with E-state index in [1.54, 1.807) is 0 Å². The molecule has 0 bridgehead atoms. The zero-order valence-corrected chi connectivity index (χ0v) is 9.01. The van der Waals surface area contributed by atoms with Crippen molar-refractivity contribution in [1.29, 1.82) is 5.41 Å².